The molecule has 1 saturated heterocycles. The van der Waals surface area contributed by atoms with E-state index in [1.54, 1.807) is 0 Å². The molecular weight excluding hydrogens is 176 g/mol. The molecule has 0 aliphatic carbocycles. The molecule has 84 valence electrons. The lowest BCUT2D eigenvalue weighted by Gasteiger charge is -2.17. The maximum atomic E-state index is 5.88. The van der Waals surface area contributed by atoms with Crippen LogP contribution in [0.5, 0.6) is 0 Å². The molecule has 3 heteroatoms. The quantitative estimate of drug-likeness (QED) is 0.652. The maximum absolute atomic E-state index is 5.88. The minimum atomic E-state index is 0.354. The average Bonchev–Trinajstić information content (AvgIpc) is 2.61. The van der Waals surface area contributed by atoms with Gasteiger partial charge in [-0.05, 0) is 39.2 Å². The lowest BCUT2D eigenvalue weighted by atomic mass is 10.0. The number of likely N-dealkylation sites (tertiary alicyclic amines) is 1. The molecule has 1 aliphatic rings. The first-order valence-electron chi connectivity index (χ1n) is 5.79. The fourth-order valence-corrected chi connectivity index (χ4v) is 2.03. The summed E-state index contributed by atoms with van der Waals surface area (Å²) in [4.78, 5) is 2.51. The Bertz CT molecular complexity index is 150. The molecule has 2 unspecified atom stereocenters. The monoisotopic (exact) mass is 200 g/mol. The van der Waals surface area contributed by atoms with Gasteiger partial charge >= 0.3 is 0 Å². The van der Waals surface area contributed by atoms with Crippen LogP contribution in [0.15, 0.2) is 0 Å². The summed E-state index contributed by atoms with van der Waals surface area (Å²) in [6.07, 6.45) is 2.42. The van der Waals surface area contributed by atoms with E-state index < -0.39 is 0 Å². The van der Waals surface area contributed by atoms with Gasteiger partial charge in [-0.2, -0.15) is 0 Å². The Labute approximate surface area is 87.6 Å². The van der Waals surface area contributed by atoms with Crippen molar-refractivity contribution in [2.45, 2.75) is 32.7 Å². The van der Waals surface area contributed by atoms with Crippen LogP contribution in [0.4, 0.5) is 0 Å². The Hall–Kier alpha value is -0.120. The minimum absolute atomic E-state index is 0.354. The summed E-state index contributed by atoms with van der Waals surface area (Å²) in [5, 5.41) is 0. The van der Waals surface area contributed by atoms with Crippen molar-refractivity contribution in [1.82, 2.24) is 4.90 Å². The molecule has 1 aliphatic heterocycles. The van der Waals surface area contributed by atoms with Crippen LogP contribution in [-0.2, 0) is 4.74 Å². The van der Waals surface area contributed by atoms with Crippen molar-refractivity contribution < 1.29 is 4.74 Å². The molecule has 1 rings (SSSR count). The molecular formula is C11H24N2O. The lowest BCUT2D eigenvalue weighted by molar-refractivity contribution is 0.135. The van der Waals surface area contributed by atoms with E-state index in [-0.39, 0.29) is 0 Å². The second-order valence-electron chi connectivity index (χ2n) is 4.26. The highest BCUT2D eigenvalue weighted by atomic mass is 16.5. The van der Waals surface area contributed by atoms with E-state index in [1.807, 2.05) is 6.92 Å². The van der Waals surface area contributed by atoms with Gasteiger partial charge in [-0.25, -0.2) is 0 Å². The molecule has 0 aromatic carbocycles. The van der Waals surface area contributed by atoms with Crippen LogP contribution >= 0.6 is 0 Å². The van der Waals surface area contributed by atoms with Crippen molar-refractivity contribution in [2.75, 3.05) is 32.8 Å². The summed E-state index contributed by atoms with van der Waals surface area (Å²) in [5.74, 6) is 0.710. The fourth-order valence-electron chi connectivity index (χ4n) is 2.03. The third-order valence-electron chi connectivity index (χ3n) is 3.02. The number of nitrogens with two attached hydrogens (primary N) is 1. The van der Waals surface area contributed by atoms with Gasteiger partial charge in [-0.3, -0.25) is 0 Å². The molecule has 2 atom stereocenters. The van der Waals surface area contributed by atoms with Gasteiger partial charge in [-0.15, -0.1) is 0 Å². The maximum Gasteiger partial charge on any atom is 0.0478 e. The number of nitrogens with zero attached hydrogens (tertiary/aromatic N) is 1. The molecule has 2 N–H and O–H groups in total. The van der Waals surface area contributed by atoms with Crippen molar-refractivity contribution in [3.05, 3.63) is 0 Å². The highest BCUT2D eigenvalue weighted by Crippen LogP contribution is 2.18. The summed E-state index contributed by atoms with van der Waals surface area (Å²) in [6, 6.07) is 0.354. The molecule has 1 fully saturated rings. The van der Waals surface area contributed by atoms with Gasteiger partial charge in [0.2, 0.25) is 0 Å². The van der Waals surface area contributed by atoms with Crippen LogP contribution < -0.4 is 5.73 Å². The summed E-state index contributed by atoms with van der Waals surface area (Å²) >= 11 is 0. The standard InChI is InChI=1S/C11H24N2O/c1-3-14-8-4-6-13-7-5-11(9-13)10(2)12/h10-11H,3-9,12H2,1-2H3. The summed E-state index contributed by atoms with van der Waals surface area (Å²) < 4.78 is 5.32. The van der Waals surface area contributed by atoms with Gasteiger partial charge in [0.05, 0.1) is 0 Å². The Balaban J connectivity index is 2.04. The molecule has 14 heavy (non-hydrogen) atoms. The van der Waals surface area contributed by atoms with Crippen molar-refractivity contribution >= 4 is 0 Å². The van der Waals surface area contributed by atoms with Crippen LogP contribution in [0.3, 0.4) is 0 Å². The van der Waals surface area contributed by atoms with E-state index in [0.717, 1.165) is 19.6 Å². The number of hydrogen-bond acceptors (Lipinski definition) is 3. The number of ether oxygens (including phenoxy) is 1. The van der Waals surface area contributed by atoms with Crippen LogP contribution in [-0.4, -0.2) is 43.8 Å². The van der Waals surface area contributed by atoms with Gasteiger partial charge in [0.25, 0.3) is 0 Å². The summed E-state index contributed by atoms with van der Waals surface area (Å²) in [5.41, 5.74) is 5.88. The smallest absolute Gasteiger partial charge is 0.0478 e. The minimum Gasteiger partial charge on any atom is -0.382 e. The zero-order valence-corrected chi connectivity index (χ0v) is 9.54. The van der Waals surface area contributed by atoms with Crippen LogP contribution in [0.25, 0.3) is 0 Å². The van der Waals surface area contributed by atoms with Crippen molar-refractivity contribution in [3.8, 4) is 0 Å². The Morgan fingerprint density at radius 3 is 2.93 bits per heavy atom. The van der Waals surface area contributed by atoms with E-state index in [0.29, 0.717) is 12.0 Å². The highest BCUT2D eigenvalue weighted by Gasteiger charge is 2.24. The Morgan fingerprint density at radius 2 is 2.36 bits per heavy atom. The first-order chi connectivity index (χ1) is 6.74. The predicted octanol–water partition coefficient (Wildman–Crippen LogP) is 1.08. The van der Waals surface area contributed by atoms with Crippen molar-refractivity contribution in [1.29, 1.82) is 0 Å². The molecule has 0 saturated carbocycles. The van der Waals surface area contributed by atoms with Crippen LogP contribution in [0.1, 0.15) is 26.7 Å². The van der Waals surface area contributed by atoms with E-state index in [2.05, 4.69) is 11.8 Å². The topological polar surface area (TPSA) is 38.5 Å². The van der Waals surface area contributed by atoms with E-state index in [1.165, 1.54) is 26.1 Å². The second-order valence-corrected chi connectivity index (χ2v) is 4.26. The zero-order chi connectivity index (χ0) is 10.4. The second kappa shape index (κ2) is 6.38. The van der Waals surface area contributed by atoms with E-state index >= 15 is 0 Å². The SMILES string of the molecule is CCOCCCN1CCC(C(C)N)C1. The van der Waals surface area contributed by atoms with Crippen molar-refractivity contribution in [3.63, 3.8) is 0 Å². The average molecular weight is 200 g/mol. The third kappa shape index (κ3) is 3.95. The Morgan fingerprint density at radius 1 is 1.57 bits per heavy atom. The van der Waals surface area contributed by atoms with E-state index in [4.69, 9.17) is 10.5 Å². The largest absolute Gasteiger partial charge is 0.382 e. The van der Waals surface area contributed by atoms with Gasteiger partial charge < -0.3 is 15.4 Å². The summed E-state index contributed by atoms with van der Waals surface area (Å²) in [7, 11) is 0. The predicted molar refractivity (Wildman–Crippen MR) is 59.3 cm³/mol. The van der Waals surface area contributed by atoms with Crippen LogP contribution in [0, 0.1) is 5.92 Å². The van der Waals surface area contributed by atoms with Crippen molar-refractivity contribution in [2.24, 2.45) is 11.7 Å². The lowest BCUT2D eigenvalue weighted by Crippen LogP contribution is -2.30. The van der Waals surface area contributed by atoms with Gasteiger partial charge in [0, 0.05) is 32.3 Å². The third-order valence-corrected chi connectivity index (χ3v) is 3.02. The van der Waals surface area contributed by atoms with Gasteiger partial charge in [-0.1, -0.05) is 0 Å². The van der Waals surface area contributed by atoms with Gasteiger partial charge in [0.15, 0.2) is 0 Å². The molecule has 1 heterocycles. The number of hydrogen-bond donors (Lipinski definition) is 1. The molecule has 0 aromatic heterocycles. The van der Waals surface area contributed by atoms with Crippen LogP contribution in [0.2, 0.25) is 0 Å². The van der Waals surface area contributed by atoms with E-state index in [9.17, 15) is 0 Å². The normalized spacial score (nSPS) is 25.5. The highest BCUT2D eigenvalue weighted by molar-refractivity contribution is 4.80. The van der Waals surface area contributed by atoms with Gasteiger partial charge in [0.1, 0.15) is 0 Å². The first-order valence-corrected chi connectivity index (χ1v) is 5.79. The molecule has 0 radical (unpaired) electrons. The molecule has 0 bridgehead atoms. The molecule has 0 amide bonds. The molecule has 0 aromatic rings. The summed E-state index contributed by atoms with van der Waals surface area (Å²) in [6.45, 7) is 9.47. The fraction of sp³-hybridized carbons (Fsp3) is 1.00. The number of rotatable bonds is 6. The Kier molecular flexibility index (Phi) is 5.45. The zero-order valence-electron chi connectivity index (χ0n) is 9.54. The molecule has 3 nitrogen and oxygen atoms in total. The molecule has 0 spiro atoms. The first kappa shape index (κ1) is 12.0.